The first-order chi connectivity index (χ1) is 15.0. The average molecular weight is 420 g/mol. The van der Waals surface area contributed by atoms with Gasteiger partial charge in [-0.3, -0.25) is 14.9 Å². The minimum absolute atomic E-state index is 0.0262. The first kappa shape index (κ1) is 19.0. The van der Waals surface area contributed by atoms with Crippen LogP contribution in [0.4, 0.5) is 5.95 Å². The Hall–Kier alpha value is -3.95. The van der Waals surface area contributed by atoms with E-state index in [-0.39, 0.29) is 18.3 Å². The van der Waals surface area contributed by atoms with Crippen molar-refractivity contribution >= 4 is 29.5 Å². The highest BCUT2D eigenvalue weighted by Gasteiger charge is 2.26. The second kappa shape index (κ2) is 7.38. The third kappa shape index (κ3) is 3.79. The molecule has 0 radical (unpaired) electrons. The van der Waals surface area contributed by atoms with Crippen molar-refractivity contribution in [3.05, 3.63) is 41.1 Å². The molecule has 3 heterocycles. The number of benzene rings is 1. The number of amides is 2. The van der Waals surface area contributed by atoms with Gasteiger partial charge in [-0.2, -0.15) is 19.6 Å². The smallest absolute Gasteiger partial charge is 0.327 e. The molecule has 2 aromatic heterocycles. The van der Waals surface area contributed by atoms with Crippen LogP contribution in [-0.2, 0) is 9.59 Å². The number of imide groups is 1. The largest absolute Gasteiger partial charge is 0.493 e. The topological polar surface area (TPSA) is 120 Å². The van der Waals surface area contributed by atoms with Crippen molar-refractivity contribution in [2.24, 2.45) is 0 Å². The van der Waals surface area contributed by atoms with E-state index in [0.29, 0.717) is 40.3 Å². The Kier molecular flexibility index (Phi) is 4.54. The molecule has 31 heavy (non-hydrogen) atoms. The van der Waals surface area contributed by atoms with Gasteiger partial charge in [0.2, 0.25) is 11.9 Å². The van der Waals surface area contributed by atoms with E-state index in [1.807, 2.05) is 19.1 Å². The fraction of sp³-hybridized carbons (Fsp3) is 0.286. The van der Waals surface area contributed by atoms with Crippen LogP contribution in [0.5, 0.6) is 17.5 Å². The van der Waals surface area contributed by atoms with Gasteiger partial charge in [-0.1, -0.05) is 6.07 Å². The predicted molar refractivity (Wildman–Crippen MR) is 111 cm³/mol. The molecule has 2 aliphatic rings. The number of aryl methyl sites for hydroxylation is 1. The van der Waals surface area contributed by atoms with Crippen molar-refractivity contribution in [1.29, 1.82) is 0 Å². The molecule has 2 amide bonds. The van der Waals surface area contributed by atoms with E-state index >= 15 is 0 Å². The Balaban J connectivity index is 1.58. The molecule has 1 saturated carbocycles. The molecule has 0 unspecified atom stereocenters. The SMILES string of the molecule is COc1cc(C)ccc1Oc1nc(NC2CC2)n2ncc(/C=C3\CC(=O)NC3=O)c2n1. The maximum Gasteiger partial charge on any atom is 0.327 e. The highest BCUT2D eigenvalue weighted by Crippen LogP contribution is 2.32. The fourth-order valence-electron chi connectivity index (χ4n) is 3.29. The molecule has 0 spiro atoms. The number of nitrogens with one attached hydrogen (secondary N) is 2. The van der Waals surface area contributed by atoms with Gasteiger partial charge in [0, 0.05) is 17.2 Å². The molecule has 1 aliphatic heterocycles. The molecule has 0 atom stereocenters. The Morgan fingerprint density at radius 3 is 2.77 bits per heavy atom. The number of aromatic nitrogens is 4. The van der Waals surface area contributed by atoms with Crippen LogP contribution in [0.3, 0.4) is 0 Å². The first-order valence-electron chi connectivity index (χ1n) is 9.90. The van der Waals surface area contributed by atoms with E-state index in [1.165, 1.54) is 0 Å². The van der Waals surface area contributed by atoms with Gasteiger partial charge in [0.15, 0.2) is 17.1 Å². The Bertz CT molecular complexity index is 1240. The number of nitrogens with zero attached hydrogens (tertiary/aromatic N) is 4. The summed E-state index contributed by atoms with van der Waals surface area (Å²) in [5, 5.41) is 9.97. The average Bonchev–Trinajstić information content (AvgIpc) is 3.38. The van der Waals surface area contributed by atoms with Gasteiger partial charge in [-0.05, 0) is 43.5 Å². The van der Waals surface area contributed by atoms with Gasteiger partial charge in [-0.15, -0.1) is 0 Å². The van der Waals surface area contributed by atoms with Crippen molar-refractivity contribution in [2.75, 3.05) is 12.4 Å². The van der Waals surface area contributed by atoms with Crippen LogP contribution in [0.15, 0.2) is 30.0 Å². The Morgan fingerprint density at radius 2 is 2.06 bits per heavy atom. The molecule has 2 N–H and O–H groups in total. The molecular weight excluding hydrogens is 400 g/mol. The summed E-state index contributed by atoms with van der Waals surface area (Å²) in [6.45, 7) is 1.96. The van der Waals surface area contributed by atoms with E-state index in [2.05, 4.69) is 25.7 Å². The van der Waals surface area contributed by atoms with Crippen LogP contribution in [-0.4, -0.2) is 44.5 Å². The summed E-state index contributed by atoms with van der Waals surface area (Å²) in [6.07, 6.45) is 5.33. The quantitative estimate of drug-likeness (QED) is 0.460. The molecule has 10 heteroatoms. The van der Waals surface area contributed by atoms with E-state index in [0.717, 1.165) is 18.4 Å². The third-order valence-corrected chi connectivity index (χ3v) is 5.03. The number of hydrogen-bond acceptors (Lipinski definition) is 8. The van der Waals surface area contributed by atoms with Crippen LogP contribution in [0.1, 0.15) is 30.4 Å². The lowest BCUT2D eigenvalue weighted by atomic mass is 10.1. The molecule has 0 bridgehead atoms. The van der Waals surface area contributed by atoms with Crippen LogP contribution < -0.4 is 20.1 Å². The van der Waals surface area contributed by atoms with Gasteiger partial charge in [0.1, 0.15) is 0 Å². The minimum Gasteiger partial charge on any atom is -0.493 e. The van der Waals surface area contributed by atoms with Crippen molar-refractivity contribution in [3.63, 3.8) is 0 Å². The molecule has 2 fully saturated rings. The monoisotopic (exact) mass is 420 g/mol. The van der Waals surface area contributed by atoms with E-state index in [4.69, 9.17) is 9.47 Å². The Morgan fingerprint density at radius 1 is 1.23 bits per heavy atom. The molecule has 3 aromatic rings. The number of ether oxygens (including phenoxy) is 2. The summed E-state index contributed by atoms with van der Waals surface area (Å²) < 4.78 is 12.9. The van der Waals surface area contributed by atoms with Crippen LogP contribution in [0, 0.1) is 6.92 Å². The second-order valence-electron chi connectivity index (χ2n) is 7.56. The number of hydrogen-bond donors (Lipinski definition) is 2. The summed E-state index contributed by atoms with van der Waals surface area (Å²) in [5.74, 6) is 0.807. The van der Waals surface area contributed by atoms with Gasteiger partial charge >= 0.3 is 6.01 Å². The van der Waals surface area contributed by atoms with Crippen molar-refractivity contribution in [1.82, 2.24) is 24.9 Å². The summed E-state index contributed by atoms with van der Waals surface area (Å²) >= 11 is 0. The fourth-order valence-corrected chi connectivity index (χ4v) is 3.29. The lowest BCUT2D eigenvalue weighted by molar-refractivity contribution is -0.124. The van der Waals surface area contributed by atoms with Gasteiger partial charge in [0.25, 0.3) is 5.91 Å². The Labute approximate surface area is 177 Å². The maximum atomic E-state index is 12.0. The van der Waals surface area contributed by atoms with E-state index < -0.39 is 5.91 Å². The zero-order chi connectivity index (χ0) is 21.5. The molecule has 1 aliphatic carbocycles. The number of rotatable bonds is 6. The molecular formula is C21H20N6O4. The zero-order valence-corrected chi connectivity index (χ0v) is 17.0. The number of carbonyl (C=O) groups excluding carboxylic acids is 2. The number of anilines is 1. The maximum absolute atomic E-state index is 12.0. The first-order valence-corrected chi connectivity index (χ1v) is 9.90. The van der Waals surface area contributed by atoms with E-state index in [1.54, 1.807) is 30.0 Å². The lowest BCUT2D eigenvalue weighted by Crippen LogP contribution is -2.19. The number of methoxy groups -OCH3 is 1. The van der Waals surface area contributed by atoms with Crippen LogP contribution >= 0.6 is 0 Å². The summed E-state index contributed by atoms with van der Waals surface area (Å²) in [7, 11) is 1.57. The van der Waals surface area contributed by atoms with Gasteiger partial charge in [-0.25, -0.2) is 0 Å². The van der Waals surface area contributed by atoms with Gasteiger partial charge in [0.05, 0.1) is 19.7 Å². The summed E-state index contributed by atoms with van der Waals surface area (Å²) in [6, 6.07) is 6.00. The lowest BCUT2D eigenvalue weighted by Gasteiger charge is -2.12. The standard InChI is InChI=1S/C21H20N6O4/c1-11-3-6-15(16(7-11)30-2)31-21-25-18-13(8-12-9-17(28)24-19(12)29)10-22-27(18)20(26-21)23-14-4-5-14/h3,6-8,10,14H,4-5,9H2,1-2H3,(H,23,25,26)(H,24,28,29)/b12-8+. The van der Waals surface area contributed by atoms with Crippen molar-refractivity contribution in [3.8, 4) is 17.5 Å². The zero-order valence-electron chi connectivity index (χ0n) is 17.0. The van der Waals surface area contributed by atoms with Crippen LogP contribution in [0.25, 0.3) is 11.7 Å². The molecule has 1 saturated heterocycles. The second-order valence-corrected chi connectivity index (χ2v) is 7.56. The molecule has 158 valence electrons. The highest BCUT2D eigenvalue weighted by atomic mass is 16.5. The third-order valence-electron chi connectivity index (χ3n) is 5.03. The highest BCUT2D eigenvalue weighted by molar-refractivity contribution is 6.15. The predicted octanol–water partition coefficient (Wildman–Crippen LogP) is 2.24. The normalized spacial score (nSPS) is 17.3. The summed E-state index contributed by atoms with van der Waals surface area (Å²) in [5.41, 5.74) is 2.43. The van der Waals surface area contributed by atoms with E-state index in [9.17, 15) is 9.59 Å². The number of carbonyl (C=O) groups is 2. The molecule has 10 nitrogen and oxygen atoms in total. The minimum atomic E-state index is -0.407. The van der Waals surface area contributed by atoms with Crippen LogP contribution in [0.2, 0.25) is 0 Å². The number of fused-ring (bicyclic) bond motifs is 1. The molecule has 1 aromatic carbocycles. The van der Waals surface area contributed by atoms with Crippen molar-refractivity contribution < 1.29 is 19.1 Å². The molecule has 5 rings (SSSR count). The summed E-state index contributed by atoms with van der Waals surface area (Å²) in [4.78, 5) is 32.5. The van der Waals surface area contributed by atoms with Crippen molar-refractivity contribution in [2.45, 2.75) is 32.2 Å². The van der Waals surface area contributed by atoms with Gasteiger partial charge < -0.3 is 14.8 Å².